The van der Waals surface area contributed by atoms with E-state index in [-0.39, 0.29) is 5.76 Å². The fourth-order valence-electron chi connectivity index (χ4n) is 2.22. The number of methoxy groups -OCH3 is 2. The highest BCUT2D eigenvalue weighted by Crippen LogP contribution is 2.27. The molecule has 2 aromatic rings. The number of nitrogens with zero attached hydrogens (tertiary/aromatic N) is 2. The van der Waals surface area contributed by atoms with Crippen LogP contribution in [0, 0.1) is 24.7 Å². The fraction of sp³-hybridized carbons (Fsp3) is 0.300. The van der Waals surface area contributed by atoms with Gasteiger partial charge in [0.1, 0.15) is 17.7 Å². The Morgan fingerprint density at radius 1 is 1.31 bits per heavy atom. The molecule has 0 atom stereocenters. The first-order valence-corrected chi connectivity index (χ1v) is 8.28. The molecule has 1 aliphatic rings. The molecule has 3 rings (SSSR count). The first-order valence-electron chi connectivity index (χ1n) is 8.28. The first kappa shape index (κ1) is 17.6. The van der Waals surface area contributed by atoms with E-state index in [1.54, 1.807) is 10.7 Å². The molecule has 1 aromatic heterocycles. The summed E-state index contributed by atoms with van der Waals surface area (Å²) in [6, 6.07) is 7.49. The molecule has 0 aliphatic heterocycles. The summed E-state index contributed by atoms with van der Waals surface area (Å²) >= 11 is 0. The molecule has 134 valence electrons. The summed E-state index contributed by atoms with van der Waals surface area (Å²) < 4.78 is 17.0. The molecule has 6 heteroatoms. The Labute approximate surface area is 152 Å². The van der Waals surface area contributed by atoms with Crippen LogP contribution in [0.1, 0.15) is 24.1 Å². The standard InChI is InChI=1S/C20H20N2O4/c1-14-4-9-17(12-18(14)26-19(13-24-2)20(23)25-3)22-11-10-16(21-22)8-7-15-5-6-15/h4,9-13,15H,5-6H2,1-3H3/b19-13-. The topological polar surface area (TPSA) is 62.6 Å². The number of aryl methyl sites for hydroxylation is 1. The Balaban J connectivity index is 1.84. The van der Waals surface area contributed by atoms with E-state index in [1.165, 1.54) is 33.3 Å². The lowest BCUT2D eigenvalue weighted by molar-refractivity contribution is -0.138. The van der Waals surface area contributed by atoms with Crippen LogP contribution in [-0.2, 0) is 14.3 Å². The van der Waals surface area contributed by atoms with Gasteiger partial charge in [-0.1, -0.05) is 12.0 Å². The third-order valence-electron chi connectivity index (χ3n) is 3.84. The molecule has 1 heterocycles. The summed E-state index contributed by atoms with van der Waals surface area (Å²) in [5.41, 5.74) is 2.39. The maximum Gasteiger partial charge on any atom is 0.377 e. The maximum absolute atomic E-state index is 11.8. The van der Waals surface area contributed by atoms with Crippen LogP contribution in [-0.4, -0.2) is 30.0 Å². The number of aromatic nitrogens is 2. The number of esters is 1. The van der Waals surface area contributed by atoms with E-state index in [0.717, 1.165) is 16.9 Å². The van der Waals surface area contributed by atoms with Crippen LogP contribution in [0.2, 0.25) is 0 Å². The van der Waals surface area contributed by atoms with E-state index in [2.05, 4.69) is 16.9 Å². The molecule has 6 nitrogen and oxygen atoms in total. The molecular weight excluding hydrogens is 332 g/mol. The van der Waals surface area contributed by atoms with Gasteiger partial charge in [-0.2, -0.15) is 5.10 Å². The third kappa shape index (κ3) is 4.25. The van der Waals surface area contributed by atoms with E-state index in [0.29, 0.717) is 11.7 Å². The lowest BCUT2D eigenvalue weighted by Crippen LogP contribution is -2.12. The number of carbonyl (C=O) groups excluding carboxylic acids is 1. The van der Waals surface area contributed by atoms with Gasteiger partial charge in [-0.15, -0.1) is 0 Å². The molecule has 0 saturated heterocycles. The van der Waals surface area contributed by atoms with Gasteiger partial charge in [0, 0.05) is 18.2 Å². The van der Waals surface area contributed by atoms with Crippen molar-refractivity contribution in [3.8, 4) is 23.3 Å². The van der Waals surface area contributed by atoms with Crippen molar-refractivity contribution in [2.24, 2.45) is 5.92 Å². The Kier molecular flexibility index (Phi) is 5.28. The molecule has 1 aliphatic carbocycles. The monoisotopic (exact) mass is 352 g/mol. The summed E-state index contributed by atoms with van der Waals surface area (Å²) in [6.07, 6.45) is 5.42. The summed E-state index contributed by atoms with van der Waals surface area (Å²) in [7, 11) is 2.72. The number of carbonyl (C=O) groups is 1. The van der Waals surface area contributed by atoms with Crippen molar-refractivity contribution in [3.05, 3.63) is 53.7 Å². The Morgan fingerprint density at radius 3 is 2.81 bits per heavy atom. The Hall–Kier alpha value is -3.20. The molecule has 26 heavy (non-hydrogen) atoms. The largest absolute Gasteiger partial charge is 0.500 e. The second-order valence-electron chi connectivity index (χ2n) is 5.95. The van der Waals surface area contributed by atoms with E-state index < -0.39 is 5.97 Å². The van der Waals surface area contributed by atoms with Crippen LogP contribution in [0.25, 0.3) is 5.69 Å². The third-order valence-corrected chi connectivity index (χ3v) is 3.84. The average Bonchev–Trinajstić information content (AvgIpc) is 3.36. The van der Waals surface area contributed by atoms with Crippen LogP contribution in [0.15, 0.2) is 42.5 Å². The predicted molar refractivity (Wildman–Crippen MR) is 95.6 cm³/mol. The van der Waals surface area contributed by atoms with Gasteiger partial charge in [0.05, 0.1) is 19.9 Å². The normalized spacial score (nSPS) is 13.6. The lowest BCUT2D eigenvalue weighted by Gasteiger charge is -2.12. The first-order chi connectivity index (χ1) is 12.6. The van der Waals surface area contributed by atoms with Gasteiger partial charge in [0.2, 0.25) is 5.76 Å². The van der Waals surface area contributed by atoms with Crippen molar-refractivity contribution in [1.82, 2.24) is 9.78 Å². The van der Waals surface area contributed by atoms with Gasteiger partial charge in [0.15, 0.2) is 0 Å². The minimum Gasteiger partial charge on any atom is -0.500 e. The zero-order valence-electron chi connectivity index (χ0n) is 15.0. The molecule has 0 bridgehead atoms. The van der Waals surface area contributed by atoms with E-state index in [9.17, 15) is 4.79 Å². The predicted octanol–water partition coefficient (Wildman–Crippen LogP) is 2.98. The number of rotatable bonds is 5. The molecule has 1 aromatic carbocycles. The SMILES string of the molecule is CO/C=C(\Oc1cc(-n2ccc(C#CC3CC3)n2)ccc1C)C(=O)OC. The highest BCUT2D eigenvalue weighted by atomic mass is 16.6. The number of benzene rings is 1. The number of ether oxygens (including phenoxy) is 3. The minimum absolute atomic E-state index is 0.0355. The van der Waals surface area contributed by atoms with Crippen molar-refractivity contribution in [2.45, 2.75) is 19.8 Å². The van der Waals surface area contributed by atoms with Gasteiger partial charge in [-0.05, 0) is 43.4 Å². The number of hydrogen-bond donors (Lipinski definition) is 0. The summed E-state index contributed by atoms with van der Waals surface area (Å²) in [5.74, 6) is 6.68. The van der Waals surface area contributed by atoms with Crippen LogP contribution in [0.5, 0.6) is 5.75 Å². The van der Waals surface area contributed by atoms with Crippen molar-refractivity contribution < 1.29 is 19.0 Å². The van der Waals surface area contributed by atoms with Crippen LogP contribution < -0.4 is 4.74 Å². The van der Waals surface area contributed by atoms with Crippen LogP contribution in [0.4, 0.5) is 0 Å². The van der Waals surface area contributed by atoms with Crippen molar-refractivity contribution in [3.63, 3.8) is 0 Å². The van der Waals surface area contributed by atoms with Gasteiger partial charge in [-0.3, -0.25) is 0 Å². The maximum atomic E-state index is 11.8. The molecule has 0 N–H and O–H groups in total. The minimum atomic E-state index is -0.617. The summed E-state index contributed by atoms with van der Waals surface area (Å²) in [6.45, 7) is 1.89. The number of hydrogen-bond acceptors (Lipinski definition) is 5. The Morgan fingerprint density at radius 2 is 2.12 bits per heavy atom. The average molecular weight is 352 g/mol. The van der Waals surface area contributed by atoms with Crippen molar-refractivity contribution in [2.75, 3.05) is 14.2 Å². The van der Waals surface area contributed by atoms with E-state index in [4.69, 9.17) is 14.2 Å². The second kappa shape index (κ2) is 7.79. The highest BCUT2D eigenvalue weighted by molar-refractivity contribution is 5.86. The molecule has 1 fully saturated rings. The zero-order chi connectivity index (χ0) is 18.5. The molecule has 0 unspecified atom stereocenters. The molecule has 0 spiro atoms. The van der Waals surface area contributed by atoms with Crippen LogP contribution in [0.3, 0.4) is 0 Å². The van der Waals surface area contributed by atoms with Crippen molar-refractivity contribution in [1.29, 1.82) is 0 Å². The molecule has 1 saturated carbocycles. The van der Waals surface area contributed by atoms with Gasteiger partial charge in [-0.25, -0.2) is 9.48 Å². The fourth-order valence-corrected chi connectivity index (χ4v) is 2.22. The zero-order valence-corrected chi connectivity index (χ0v) is 15.0. The van der Waals surface area contributed by atoms with Gasteiger partial charge < -0.3 is 14.2 Å². The Bertz CT molecular complexity index is 898. The lowest BCUT2D eigenvalue weighted by atomic mass is 10.2. The van der Waals surface area contributed by atoms with Crippen molar-refractivity contribution >= 4 is 5.97 Å². The molecular formula is C20H20N2O4. The van der Waals surface area contributed by atoms with Gasteiger partial charge >= 0.3 is 5.97 Å². The molecule has 0 amide bonds. The van der Waals surface area contributed by atoms with Gasteiger partial charge in [0.25, 0.3) is 0 Å². The van der Waals surface area contributed by atoms with Crippen LogP contribution >= 0.6 is 0 Å². The van der Waals surface area contributed by atoms with E-state index in [1.807, 2.05) is 31.3 Å². The summed E-state index contributed by atoms with van der Waals surface area (Å²) in [4.78, 5) is 11.8. The molecule has 0 radical (unpaired) electrons. The summed E-state index contributed by atoms with van der Waals surface area (Å²) in [5, 5.41) is 4.47. The quantitative estimate of drug-likeness (QED) is 0.358. The van der Waals surface area contributed by atoms with E-state index >= 15 is 0 Å². The highest BCUT2D eigenvalue weighted by Gasteiger charge is 2.18. The second-order valence-corrected chi connectivity index (χ2v) is 5.95. The smallest absolute Gasteiger partial charge is 0.377 e.